The van der Waals surface area contributed by atoms with E-state index in [4.69, 9.17) is 4.74 Å². The molecule has 0 unspecified atom stereocenters. The first-order valence-electron chi connectivity index (χ1n) is 10.4. The molecule has 0 spiro atoms. The molecule has 30 heavy (non-hydrogen) atoms. The molecular weight excluding hydrogens is 400 g/mol. The fourth-order valence-electron chi connectivity index (χ4n) is 3.48. The summed E-state index contributed by atoms with van der Waals surface area (Å²) in [6.45, 7) is 7.34. The minimum atomic E-state index is -3.60. The van der Waals surface area contributed by atoms with Crippen molar-refractivity contribution in [1.29, 1.82) is 0 Å². The fourth-order valence-corrected chi connectivity index (χ4v) is 4.61. The summed E-state index contributed by atoms with van der Waals surface area (Å²) in [7, 11) is -3.60. The second-order valence-electron chi connectivity index (χ2n) is 7.89. The van der Waals surface area contributed by atoms with E-state index in [0.717, 1.165) is 29.7 Å². The molecule has 2 aromatic carbocycles. The van der Waals surface area contributed by atoms with Gasteiger partial charge in [-0.2, -0.15) is 0 Å². The van der Waals surface area contributed by atoms with Gasteiger partial charge in [0.05, 0.1) is 11.0 Å². The Morgan fingerprint density at radius 2 is 1.90 bits per heavy atom. The third kappa shape index (κ3) is 5.47. The first-order valence-corrected chi connectivity index (χ1v) is 11.9. The number of benzene rings is 2. The predicted molar refractivity (Wildman–Crippen MR) is 119 cm³/mol. The van der Waals surface area contributed by atoms with Crippen LogP contribution in [0.2, 0.25) is 0 Å². The summed E-state index contributed by atoms with van der Waals surface area (Å²) >= 11 is 0. The van der Waals surface area contributed by atoms with Gasteiger partial charge in [0.25, 0.3) is 5.91 Å². The van der Waals surface area contributed by atoms with E-state index in [1.54, 1.807) is 23.1 Å². The summed E-state index contributed by atoms with van der Waals surface area (Å²) in [5.41, 5.74) is 3.41. The molecule has 0 radical (unpaired) electrons. The molecule has 0 aliphatic carbocycles. The average Bonchev–Trinajstić information content (AvgIpc) is 2.72. The zero-order valence-corrected chi connectivity index (χ0v) is 18.7. The van der Waals surface area contributed by atoms with Crippen LogP contribution in [0.15, 0.2) is 47.4 Å². The van der Waals surface area contributed by atoms with Gasteiger partial charge in [-0.15, -0.1) is 0 Å². The van der Waals surface area contributed by atoms with Gasteiger partial charge in [0.2, 0.25) is 10.0 Å². The highest BCUT2D eigenvalue weighted by molar-refractivity contribution is 7.89. The number of amides is 1. The van der Waals surface area contributed by atoms with Crippen LogP contribution >= 0.6 is 0 Å². The maximum Gasteiger partial charge on any atom is 0.258 e. The summed E-state index contributed by atoms with van der Waals surface area (Å²) in [6.07, 6.45) is 2.29. The lowest BCUT2D eigenvalue weighted by atomic mass is 10.0. The van der Waals surface area contributed by atoms with Gasteiger partial charge in [0, 0.05) is 30.9 Å². The second-order valence-corrected chi connectivity index (χ2v) is 9.65. The van der Waals surface area contributed by atoms with E-state index in [-0.39, 0.29) is 16.9 Å². The van der Waals surface area contributed by atoms with Crippen LogP contribution in [0.1, 0.15) is 48.2 Å². The van der Waals surface area contributed by atoms with Gasteiger partial charge in [0.15, 0.2) is 0 Å². The van der Waals surface area contributed by atoms with Gasteiger partial charge in [-0.25, -0.2) is 13.1 Å². The van der Waals surface area contributed by atoms with Crippen molar-refractivity contribution in [2.75, 3.05) is 24.6 Å². The van der Waals surface area contributed by atoms with Crippen molar-refractivity contribution in [3.8, 4) is 0 Å². The van der Waals surface area contributed by atoms with Gasteiger partial charge in [-0.05, 0) is 75.9 Å². The van der Waals surface area contributed by atoms with Crippen molar-refractivity contribution in [2.45, 2.75) is 51.0 Å². The van der Waals surface area contributed by atoms with Crippen LogP contribution < -0.4 is 9.62 Å². The summed E-state index contributed by atoms with van der Waals surface area (Å²) < 4.78 is 33.4. The number of rotatable bonds is 8. The number of nitrogens with zero attached hydrogens (tertiary/aromatic N) is 1. The van der Waals surface area contributed by atoms with E-state index < -0.39 is 10.0 Å². The highest BCUT2D eigenvalue weighted by Gasteiger charge is 2.25. The van der Waals surface area contributed by atoms with Gasteiger partial charge >= 0.3 is 0 Å². The number of carbonyl (C=O) groups excluding carboxylic acids is 1. The number of aryl methyl sites for hydroxylation is 2. The van der Waals surface area contributed by atoms with Crippen LogP contribution in [0.3, 0.4) is 0 Å². The molecule has 3 rings (SSSR count). The van der Waals surface area contributed by atoms with Crippen molar-refractivity contribution in [3.63, 3.8) is 0 Å². The van der Waals surface area contributed by atoms with Crippen LogP contribution in [0.25, 0.3) is 0 Å². The lowest BCUT2D eigenvalue weighted by Crippen LogP contribution is -2.35. The van der Waals surface area contributed by atoms with E-state index in [0.29, 0.717) is 31.7 Å². The Kier molecular flexibility index (Phi) is 7.28. The molecule has 7 heteroatoms. The topological polar surface area (TPSA) is 75.7 Å². The maximum atomic E-state index is 13.0. The van der Waals surface area contributed by atoms with Crippen LogP contribution in [0.5, 0.6) is 0 Å². The molecule has 1 aliphatic heterocycles. The molecule has 0 atom stereocenters. The molecule has 2 aromatic rings. The average molecular weight is 431 g/mol. The maximum absolute atomic E-state index is 13.0. The van der Waals surface area contributed by atoms with E-state index in [2.05, 4.69) is 4.72 Å². The normalized spacial score (nSPS) is 14.1. The molecule has 162 valence electrons. The molecule has 1 aliphatic rings. The Labute approximate surface area is 179 Å². The number of sulfonamides is 1. The first kappa shape index (κ1) is 22.5. The molecule has 1 amide bonds. The molecule has 6 nitrogen and oxygen atoms in total. The molecule has 0 fully saturated rings. The van der Waals surface area contributed by atoms with Gasteiger partial charge in [-0.3, -0.25) is 4.79 Å². The molecular formula is C23H30N2O4S. The Balaban J connectivity index is 1.73. The van der Waals surface area contributed by atoms with Crippen LogP contribution in [-0.4, -0.2) is 40.1 Å². The van der Waals surface area contributed by atoms with Crippen molar-refractivity contribution in [2.24, 2.45) is 0 Å². The van der Waals surface area contributed by atoms with Crippen molar-refractivity contribution < 1.29 is 17.9 Å². The van der Waals surface area contributed by atoms with Gasteiger partial charge < -0.3 is 9.64 Å². The predicted octanol–water partition coefficient (Wildman–Crippen LogP) is 3.68. The molecule has 1 N–H and O–H groups in total. The zero-order chi connectivity index (χ0) is 21.7. The van der Waals surface area contributed by atoms with Crippen LogP contribution in [0.4, 0.5) is 5.69 Å². The minimum absolute atomic E-state index is 0.0603. The van der Waals surface area contributed by atoms with Gasteiger partial charge in [0.1, 0.15) is 0 Å². The standard InChI is InChI=1S/C23H30N2O4S/c1-17(2)29-15-5-13-24-30(27,28)21-11-12-22-20(16-21)6-4-14-25(22)23(26)19-9-7-18(3)8-10-19/h7-12,16-17,24H,4-6,13-15H2,1-3H3. The first-order chi connectivity index (χ1) is 14.3. The Morgan fingerprint density at radius 3 is 2.60 bits per heavy atom. The second kappa shape index (κ2) is 9.73. The largest absolute Gasteiger partial charge is 0.379 e. The van der Waals surface area contributed by atoms with E-state index in [9.17, 15) is 13.2 Å². The number of ether oxygens (including phenoxy) is 1. The minimum Gasteiger partial charge on any atom is -0.379 e. The quantitative estimate of drug-likeness (QED) is 0.648. The molecule has 0 saturated heterocycles. The Hall–Kier alpha value is -2.22. The SMILES string of the molecule is Cc1ccc(C(=O)N2CCCc3cc(S(=O)(=O)NCCCOC(C)C)ccc32)cc1. The molecule has 0 bridgehead atoms. The third-order valence-electron chi connectivity index (χ3n) is 5.09. The summed E-state index contributed by atoms with van der Waals surface area (Å²) in [5, 5.41) is 0. The Morgan fingerprint density at radius 1 is 1.17 bits per heavy atom. The summed E-state index contributed by atoms with van der Waals surface area (Å²) in [4.78, 5) is 15.0. The highest BCUT2D eigenvalue weighted by Crippen LogP contribution is 2.30. The number of nitrogens with one attached hydrogen (secondary N) is 1. The molecule has 0 saturated carbocycles. The summed E-state index contributed by atoms with van der Waals surface area (Å²) in [5.74, 6) is -0.0603. The van der Waals surface area contributed by atoms with E-state index >= 15 is 0 Å². The monoisotopic (exact) mass is 430 g/mol. The van der Waals surface area contributed by atoms with Crippen LogP contribution in [0, 0.1) is 6.92 Å². The van der Waals surface area contributed by atoms with Gasteiger partial charge in [-0.1, -0.05) is 17.7 Å². The van der Waals surface area contributed by atoms with E-state index in [1.165, 1.54) is 0 Å². The number of fused-ring (bicyclic) bond motifs is 1. The number of carbonyl (C=O) groups is 1. The smallest absolute Gasteiger partial charge is 0.258 e. The van der Waals surface area contributed by atoms with E-state index in [1.807, 2.05) is 45.0 Å². The number of hydrogen-bond acceptors (Lipinski definition) is 4. The third-order valence-corrected chi connectivity index (χ3v) is 6.55. The number of anilines is 1. The summed E-state index contributed by atoms with van der Waals surface area (Å²) in [6, 6.07) is 12.5. The van der Waals surface area contributed by atoms with Crippen molar-refractivity contribution in [1.82, 2.24) is 4.72 Å². The zero-order valence-electron chi connectivity index (χ0n) is 17.8. The lowest BCUT2D eigenvalue weighted by molar-refractivity contribution is 0.0778. The van der Waals surface area contributed by atoms with Crippen LogP contribution in [-0.2, 0) is 21.2 Å². The molecule has 1 heterocycles. The Bertz CT molecular complexity index is 985. The molecule has 0 aromatic heterocycles. The lowest BCUT2D eigenvalue weighted by Gasteiger charge is -2.30. The highest BCUT2D eigenvalue weighted by atomic mass is 32.2. The number of hydrogen-bond donors (Lipinski definition) is 1. The van der Waals surface area contributed by atoms with Crippen molar-refractivity contribution in [3.05, 3.63) is 59.2 Å². The fraction of sp³-hybridized carbons (Fsp3) is 0.435. The van der Waals surface area contributed by atoms with Crippen molar-refractivity contribution >= 4 is 21.6 Å².